The van der Waals surface area contributed by atoms with Crippen molar-refractivity contribution < 1.29 is 14.2 Å². The van der Waals surface area contributed by atoms with E-state index in [-0.39, 0.29) is 12.0 Å². The molecule has 1 rings (SSSR count). The van der Waals surface area contributed by atoms with E-state index >= 15 is 0 Å². The van der Waals surface area contributed by atoms with Gasteiger partial charge >= 0.3 is 12.0 Å². The first-order valence-electron chi connectivity index (χ1n) is 5.98. The van der Waals surface area contributed by atoms with Crippen LogP contribution >= 0.6 is 0 Å². The Labute approximate surface area is 107 Å². The summed E-state index contributed by atoms with van der Waals surface area (Å²) in [5.41, 5.74) is 0. The van der Waals surface area contributed by atoms with E-state index < -0.39 is 0 Å². The zero-order valence-corrected chi connectivity index (χ0v) is 11.1. The fraction of sp³-hybridized carbons (Fsp3) is 0.727. The number of ether oxygens (including phenoxy) is 3. The molecule has 7 heteroatoms. The average molecular weight is 256 g/mol. The highest BCUT2D eigenvalue weighted by atomic mass is 16.5. The molecule has 0 atom stereocenters. The third kappa shape index (κ3) is 5.13. The van der Waals surface area contributed by atoms with Gasteiger partial charge in [0.25, 0.3) is 0 Å². The summed E-state index contributed by atoms with van der Waals surface area (Å²) in [5.74, 6) is 0.406. The van der Waals surface area contributed by atoms with Gasteiger partial charge in [-0.2, -0.15) is 9.97 Å². The van der Waals surface area contributed by atoms with Crippen molar-refractivity contribution in [1.29, 1.82) is 0 Å². The maximum absolute atomic E-state index is 5.37. The van der Waals surface area contributed by atoms with Crippen LogP contribution < -0.4 is 14.8 Å². The van der Waals surface area contributed by atoms with Gasteiger partial charge in [0.1, 0.15) is 6.61 Å². The molecule has 1 aromatic rings. The first kappa shape index (κ1) is 14.4. The quantitative estimate of drug-likeness (QED) is 0.663. The van der Waals surface area contributed by atoms with E-state index in [2.05, 4.69) is 27.2 Å². The summed E-state index contributed by atoms with van der Waals surface area (Å²) >= 11 is 0. The highest BCUT2D eigenvalue weighted by Crippen LogP contribution is 2.11. The highest BCUT2D eigenvalue weighted by Gasteiger charge is 2.06. The molecule has 0 amide bonds. The molecular weight excluding hydrogens is 236 g/mol. The molecule has 0 aliphatic carbocycles. The Morgan fingerprint density at radius 2 is 1.83 bits per heavy atom. The fourth-order valence-corrected chi connectivity index (χ4v) is 1.15. The second-order valence-corrected chi connectivity index (χ2v) is 3.49. The molecule has 1 heterocycles. The smallest absolute Gasteiger partial charge is 0.324 e. The average Bonchev–Trinajstić information content (AvgIpc) is 2.42. The van der Waals surface area contributed by atoms with Gasteiger partial charge in [-0.15, -0.1) is 4.98 Å². The van der Waals surface area contributed by atoms with E-state index in [9.17, 15) is 0 Å². The van der Waals surface area contributed by atoms with Crippen LogP contribution in [0.4, 0.5) is 5.95 Å². The lowest BCUT2D eigenvalue weighted by molar-refractivity contribution is 0.0944. The van der Waals surface area contributed by atoms with E-state index in [1.165, 1.54) is 7.11 Å². The molecule has 0 fully saturated rings. The predicted octanol–water partition coefficient (Wildman–Crippen LogP) is 1.12. The van der Waals surface area contributed by atoms with Crippen LogP contribution in [-0.2, 0) is 4.74 Å². The van der Waals surface area contributed by atoms with Crippen molar-refractivity contribution in [2.24, 2.45) is 0 Å². The number of hydrogen-bond acceptors (Lipinski definition) is 7. The Bertz CT molecular complexity index is 327. The number of unbranched alkanes of at least 4 members (excludes halogenated alkanes) is 1. The van der Waals surface area contributed by atoms with Crippen molar-refractivity contribution in [3.05, 3.63) is 0 Å². The standard InChI is InChI=1S/C11H20N4O3/c1-4-5-6-17-7-8-18-11-14-9(12-2)13-10(15-11)16-3/h4-8H2,1-3H3,(H,12,13,14,15). The number of rotatable bonds is 9. The topological polar surface area (TPSA) is 78.4 Å². The molecule has 0 saturated heterocycles. The number of hydrogen-bond donors (Lipinski definition) is 1. The van der Waals surface area contributed by atoms with Crippen LogP contribution in [0.2, 0.25) is 0 Å². The van der Waals surface area contributed by atoms with E-state index in [1.54, 1.807) is 7.05 Å². The molecule has 0 unspecified atom stereocenters. The molecule has 0 aromatic carbocycles. The minimum Gasteiger partial charge on any atom is -0.467 e. The van der Waals surface area contributed by atoms with Gasteiger partial charge in [0.2, 0.25) is 5.95 Å². The summed E-state index contributed by atoms with van der Waals surface area (Å²) in [4.78, 5) is 12.0. The number of aromatic nitrogens is 3. The summed E-state index contributed by atoms with van der Waals surface area (Å²) in [6.07, 6.45) is 2.18. The predicted molar refractivity (Wildman–Crippen MR) is 67.1 cm³/mol. The Hall–Kier alpha value is -1.63. The van der Waals surface area contributed by atoms with Crippen LogP contribution in [0, 0.1) is 0 Å². The van der Waals surface area contributed by atoms with Crippen molar-refractivity contribution in [1.82, 2.24) is 15.0 Å². The fourth-order valence-electron chi connectivity index (χ4n) is 1.15. The molecule has 1 N–H and O–H groups in total. The third-order valence-corrected chi connectivity index (χ3v) is 2.10. The maximum Gasteiger partial charge on any atom is 0.324 e. The molecule has 18 heavy (non-hydrogen) atoms. The summed E-state index contributed by atoms with van der Waals surface area (Å²) in [5, 5.41) is 2.81. The highest BCUT2D eigenvalue weighted by molar-refractivity contribution is 5.26. The number of anilines is 1. The van der Waals surface area contributed by atoms with Crippen LogP contribution in [0.1, 0.15) is 19.8 Å². The van der Waals surface area contributed by atoms with Gasteiger partial charge in [-0.25, -0.2) is 0 Å². The third-order valence-electron chi connectivity index (χ3n) is 2.10. The molecular formula is C11H20N4O3. The van der Waals surface area contributed by atoms with Gasteiger partial charge < -0.3 is 19.5 Å². The molecule has 0 saturated carbocycles. The van der Waals surface area contributed by atoms with Crippen LogP contribution in [0.5, 0.6) is 12.0 Å². The zero-order chi connectivity index (χ0) is 13.2. The zero-order valence-electron chi connectivity index (χ0n) is 11.1. The van der Waals surface area contributed by atoms with Gasteiger partial charge in [-0.1, -0.05) is 13.3 Å². The van der Waals surface area contributed by atoms with Crippen LogP contribution in [-0.4, -0.2) is 48.9 Å². The van der Waals surface area contributed by atoms with Gasteiger partial charge in [-0.3, -0.25) is 0 Å². The van der Waals surface area contributed by atoms with Crippen molar-refractivity contribution in [2.75, 3.05) is 39.3 Å². The van der Waals surface area contributed by atoms with E-state index in [1.807, 2.05) is 0 Å². The largest absolute Gasteiger partial charge is 0.467 e. The second-order valence-electron chi connectivity index (χ2n) is 3.49. The first-order chi connectivity index (χ1) is 8.80. The molecule has 0 spiro atoms. The molecule has 1 aromatic heterocycles. The normalized spacial score (nSPS) is 10.2. The molecule has 0 aliphatic heterocycles. The monoisotopic (exact) mass is 256 g/mol. The summed E-state index contributed by atoms with van der Waals surface area (Å²) < 4.78 is 15.7. The Balaban J connectivity index is 2.36. The van der Waals surface area contributed by atoms with Crippen molar-refractivity contribution in [3.8, 4) is 12.0 Å². The van der Waals surface area contributed by atoms with E-state index in [0.29, 0.717) is 19.2 Å². The summed E-state index contributed by atoms with van der Waals surface area (Å²) in [6, 6.07) is 0.446. The number of methoxy groups -OCH3 is 1. The molecule has 0 aliphatic rings. The van der Waals surface area contributed by atoms with Gasteiger partial charge in [-0.05, 0) is 6.42 Å². The van der Waals surface area contributed by atoms with Crippen LogP contribution in [0.25, 0.3) is 0 Å². The molecule has 102 valence electrons. The summed E-state index contributed by atoms with van der Waals surface area (Å²) in [7, 11) is 3.21. The summed E-state index contributed by atoms with van der Waals surface area (Å²) in [6.45, 7) is 3.79. The Kier molecular flexibility index (Phi) is 6.78. The number of nitrogens with one attached hydrogen (secondary N) is 1. The first-order valence-corrected chi connectivity index (χ1v) is 5.98. The van der Waals surface area contributed by atoms with Crippen LogP contribution in [0.3, 0.4) is 0 Å². The second kappa shape index (κ2) is 8.46. The Morgan fingerprint density at radius 3 is 2.50 bits per heavy atom. The van der Waals surface area contributed by atoms with Crippen LogP contribution in [0.15, 0.2) is 0 Å². The lowest BCUT2D eigenvalue weighted by Crippen LogP contribution is -2.11. The minimum atomic E-state index is 0.219. The van der Waals surface area contributed by atoms with Gasteiger partial charge in [0.05, 0.1) is 13.7 Å². The van der Waals surface area contributed by atoms with Gasteiger partial charge in [0.15, 0.2) is 0 Å². The lowest BCUT2D eigenvalue weighted by atomic mass is 10.4. The molecule has 7 nitrogen and oxygen atoms in total. The van der Waals surface area contributed by atoms with Crippen molar-refractivity contribution >= 4 is 5.95 Å². The van der Waals surface area contributed by atoms with E-state index in [4.69, 9.17) is 14.2 Å². The molecule has 0 bridgehead atoms. The number of nitrogens with zero attached hydrogens (tertiary/aromatic N) is 3. The minimum absolute atomic E-state index is 0.219. The Morgan fingerprint density at radius 1 is 1.06 bits per heavy atom. The molecule has 0 radical (unpaired) electrons. The van der Waals surface area contributed by atoms with Crippen molar-refractivity contribution in [2.45, 2.75) is 19.8 Å². The lowest BCUT2D eigenvalue weighted by Gasteiger charge is -2.07. The SMILES string of the molecule is CCCCOCCOc1nc(NC)nc(OC)n1. The maximum atomic E-state index is 5.37. The van der Waals surface area contributed by atoms with Gasteiger partial charge in [0, 0.05) is 13.7 Å². The van der Waals surface area contributed by atoms with E-state index in [0.717, 1.165) is 19.4 Å². The van der Waals surface area contributed by atoms with Crippen molar-refractivity contribution in [3.63, 3.8) is 0 Å².